The number of hydrogen-bond donors (Lipinski definition) is 0. The number of halogens is 6. The van der Waals surface area contributed by atoms with Crippen molar-refractivity contribution in [2.24, 2.45) is 0 Å². The molecule has 4 nitrogen and oxygen atoms in total. The fourth-order valence-corrected chi connectivity index (χ4v) is 6.33. The maximum absolute atomic E-state index is 14.1. The summed E-state index contributed by atoms with van der Waals surface area (Å²) in [6.07, 6.45) is -2.14. The van der Waals surface area contributed by atoms with Crippen LogP contribution >= 0.6 is 0 Å². The summed E-state index contributed by atoms with van der Waals surface area (Å²) >= 11 is 0. The van der Waals surface area contributed by atoms with Crippen molar-refractivity contribution in [2.45, 2.75) is 71.1 Å². The van der Waals surface area contributed by atoms with Crippen molar-refractivity contribution in [3.05, 3.63) is 143 Å². The molecule has 6 rings (SSSR count). The van der Waals surface area contributed by atoms with E-state index >= 15 is 0 Å². The molecule has 0 spiro atoms. The van der Waals surface area contributed by atoms with Crippen LogP contribution in [-0.2, 0) is 30.6 Å². The van der Waals surface area contributed by atoms with Crippen molar-refractivity contribution in [1.29, 1.82) is 0 Å². The third kappa shape index (κ3) is 7.50. The zero-order chi connectivity index (χ0) is 36.6. The molecule has 0 aliphatic carbocycles. The molecule has 0 bridgehead atoms. The van der Waals surface area contributed by atoms with E-state index in [9.17, 15) is 26.3 Å². The van der Waals surface area contributed by atoms with Gasteiger partial charge in [-0.15, -0.1) is 0 Å². The van der Waals surface area contributed by atoms with Crippen LogP contribution in [0.1, 0.15) is 74.2 Å². The first-order valence-corrected chi connectivity index (χ1v) is 16.9. The molecule has 10 heteroatoms. The van der Waals surface area contributed by atoms with Crippen LogP contribution in [-0.4, -0.2) is 19.6 Å². The Balaban J connectivity index is 1.31. The molecular formula is C41H38F6N4. The highest BCUT2D eigenvalue weighted by atomic mass is 19.4. The number of aromatic nitrogens is 4. The van der Waals surface area contributed by atoms with Crippen molar-refractivity contribution >= 4 is 0 Å². The van der Waals surface area contributed by atoms with Crippen LogP contribution in [0.4, 0.5) is 26.3 Å². The Morgan fingerprint density at radius 2 is 0.882 bits per heavy atom. The minimum absolute atomic E-state index is 0.0610. The van der Waals surface area contributed by atoms with Gasteiger partial charge in [-0.25, -0.2) is 9.36 Å². The highest BCUT2D eigenvalue weighted by molar-refractivity contribution is 5.72. The summed E-state index contributed by atoms with van der Waals surface area (Å²) in [6.45, 7) is 7.93. The van der Waals surface area contributed by atoms with Gasteiger partial charge in [0.05, 0.1) is 39.3 Å². The van der Waals surface area contributed by atoms with Gasteiger partial charge in [0.1, 0.15) is 0 Å². The lowest BCUT2D eigenvalue weighted by Gasteiger charge is -2.20. The second-order valence-electron chi connectivity index (χ2n) is 13.3. The monoisotopic (exact) mass is 700 g/mol. The highest BCUT2D eigenvalue weighted by Gasteiger charge is 2.35. The molecule has 0 saturated heterocycles. The van der Waals surface area contributed by atoms with Crippen molar-refractivity contribution in [3.63, 3.8) is 0 Å². The van der Waals surface area contributed by atoms with Crippen LogP contribution in [0.3, 0.4) is 0 Å². The van der Waals surface area contributed by atoms with Gasteiger partial charge < -0.3 is 0 Å². The molecule has 264 valence electrons. The van der Waals surface area contributed by atoms with E-state index in [0.29, 0.717) is 33.9 Å². The Kier molecular flexibility index (Phi) is 9.72. The Labute approximate surface area is 293 Å². The molecule has 0 N–H and O–H groups in total. The maximum atomic E-state index is 14.1. The summed E-state index contributed by atoms with van der Waals surface area (Å²) < 4.78 is 87.6. The standard InChI is InChI=1S/C41H38F6N4/c1-5-7-27-9-13-29(14-10-27)33-25-31(17-19-35(33)40(42,43)44)50-23-21-37(48-50)39(3,4)38-22-24-51(49-38)32-18-20-36(41(45,46)47)34(26-32)30-15-11-28(8-6-2)12-16-30/h9-26H,5-8H2,1-4H3. The number of alkyl halides is 6. The van der Waals surface area contributed by atoms with Gasteiger partial charge >= 0.3 is 12.4 Å². The van der Waals surface area contributed by atoms with Gasteiger partial charge in [-0.3, -0.25) is 0 Å². The molecule has 51 heavy (non-hydrogen) atoms. The molecule has 4 aromatic carbocycles. The van der Waals surface area contributed by atoms with Crippen LogP contribution in [0.2, 0.25) is 0 Å². The molecule has 0 atom stereocenters. The first-order valence-electron chi connectivity index (χ1n) is 16.9. The van der Waals surface area contributed by atoms with E-state index in [2.05, 4.69) is 0 Å². The fraction of sp³-hybridized carbons (Fsp3) is 0.268. The van der Waals surface area contributed by atoms with Gasteiger partial charge in [0, 0.05) is 12.4 Å². The van der Waals surface area contributed by atoms with E-state index < -0.39 is 28.9 Å². The van der Waals surface area contributed by atoms with Crippen molar-refractivity contribution in [1.82, 2.24) is 19.6 Å². The van der Waals surface area contributed by atoms with Crippen molar-refractivity contribution < 1.29 is 26.3 Å². The van der Waals surface area contributed by atoms with Crippen LogP contribution in [0.5, 0.6) is 0 Å². The second-order valence-corrected chi connectivity index (χ2v) is 13.3. The molecule has 6 aromatic rings. The predicted molar refractivity (Wildman–Crippen MR) is 188 cm³/mol. The molecule has 2 heterocycles. The minimum atomic E-state index is -4.54. The molecule has 0 saturated carbocycles. The third-order valence-corrected chi connectivity index (χ3v) is 9.21. The average molecular weight is 701 g/mol. The van der Waals surface area contributed by atoms with Gasteiger partial charge in [-0.05, 0) is 109 Å². The Bertz CT molecular complexity index is 1970. The summed E-state index contributed by atoms with van der Waals surface area (Å²) in [5.74, 6) is 0. The lowest BCUT2D eigenvalue weighted by atomic mass is 9.86. The van der Waals surface area contributed by atoms with Gasteiger partial charge in [-0.2, -0.15) is 36.5 Å². The zero-order valence-electron chi connectivity index (χ0n) is 28.8. The molecule has 0 amide bonds. The van der Waals surface area contributed by atoms with E-state index in [1.165, 1.54) is 33.6 Å². The minimum Gasteiger partial charge on any atom is -0.241 e. The number of aryl methyl sites for hydroxylation is 2. The first-order chi connectivity index (χ1) is 24.2. The molecular weight excluding hydrogens is 662 g/mol. The van der Waals surface area contributed by atoms with Crippen LogP contribution < -0.4 is 0 Å². The summed E-state index contributed by atoms with van der Waals surface area (Å²) in [6, 6.07) is 25.8. The lowest BCUT2D eigenvalue weighted by Crippen LogP contribution is -2.21. The van der Waals surface area contributed by atoms with Gasteiger partial charge in [0.2, 0.25) is 0 Å². The molecule has 0 radical (unpaired) electrons. The number of hydrogen-bond acceptors (Lipinski definition) is 2. The lowest BCUT2D eigenvalue weighted by molar-refractivity contribution is -0.137. The van der Waals surface area contributed by atoms with Crippen LogP contribution in [0, 0.1) is 0 Å². The average Bonchev–Trinajstić information content (AvgIpc) is 3.80. The SMILES string of the molecule is CCCc1ccc(-c2cc(-n3ccc(C(C)(C)c4ccn(-c5ccc(C(F)(F)F)c(-c6ccc(CCC)cc6)c5)n4)n3)ccc2C(F)(F)F)cc1. The van der Waals surface area contributed by atoms with Crippen molar-refractivity contribution in [2.75, 3.05) is 0 Å². The summed E-state index contributed by atoms with van der Waals surface area (Å²) in [7, 11) is 0. The van der Waals surface area contributed by atoms with E-state index in [1.807, 2.05) is 52.0 Å². The smallest absolute Gasteiger partial charge is 0.241 e. The largest absolute Gasteiger partial charge is 0.417 e. The molecule has 2 aromatic heterocycles. The maximum Gasteiger partial charge on any atom is 0.417 e. The highest BCUT2D eigenvalue weighted by Crippen LogP contribution is 2.40. The zero-order valence-corrected chi connectivity index (χ0v) is 28.8. The van der Waals surface area contributed by atoms with E-state index in [4.69, 9.17) is 10.2 Å². The Morgan fingerprint density at radius 1 is 0.510 bits per heavy atom. The molecule has 0 fully saturated rings. The van der Waals surface area contributed by atoms with Crippen LogP contribution in [0.25, 0.3) is 33.6 Å². The van der Waals surface area contributed by atoms with Gasteiger partial charge in [0.25, 0.3) is 0 Å². The van der Waals surface area contributed by atoms with E-state index in [1.54, 1.807) is 48.8 Å². The number of nitrogens with zero attached hydrogens (tertiary/aromatic N) is 4. The summed E-state index contributed by atoms with van der Waals surface area (Å²) in [4.78, 5) is 0. The molecule has 0 unspecified atom stereocenters. The number of rotatable bonds is 10. The molecule has 0 aliphatic rings. The van der Waals surface area contributed by atoms with Gasteiger partial charge in [-0.1, -0.05) is 75.2 Å². The third-order valence-electron chi connectivity index (χ3n) is 9.21. The molecule has 0 aliphatic heterocycles. The predicted octanol–water partition coefficient (Wildman–Crippen LogP) is 11.7. The topological polar surface area (TPSA) is 35.6 Å². The Morgan fingerprint density at radius 3 is 1.22 bits per heavy atom. The number of benzene rings is 4. The van der Waals surface area contributed by atoms with Crippen molar-refractivity contribution in [3.8, 4) is 33.6 Å². The van der Waals surface area contributed by atoms with E-state index in [-0.39, 0.29) is 11.1 Å². The first kappa shape index (κ1) is 35.7. The van der Waals surface area contributed by atoms with Crippen LogP contribution in [0.15, 0.2) is 109 Å². The second kappa shape index (κ2) is 13.9. The fourth-order valence-electron chi connectivity index (χ4n) is 6.33. The van der Waals surface area contributed by atoms with E-state index in [0.717, 1.165) is 48.9 Å². The summed E-state index contributed by atoms with van der Waals surface area (Å²) in [5.41, 5.74) is 3.08. The van der Waals surface area contributed by atoms with Gasteiger partial charge in [0.15, 0.2) is 0 Å². The quantitative estimate of drug-likeness (QED) is 0.133. The normalized spacial score (nSPS) is 12.4. The Hall–Kier alpha value is -5.12. The summed E-state index contributed by atoms with van der Waals surface area (Å²) in [5, 5.41) is 9.50.